The van der Waals surface area contributed by atoms with Gasteiger partial charge in [0.2, 0.25) is 13.1 Å². The van der Waals surface area contributed by atoms with Crippen molar-refractivity contribution in [1.82, 2.24) is 0 Å². The predicted octanol–water partition coefficient (Wildman–Crippen LogP) is 12.0. The maximum atomic E-state index is 13.3. The Labute approximate surface area is 330 Å². The Morgan fingerprint density at radius 2 is 1.00 bits per heavy atom. The summed E-state index contributed by atoms with van der Waals surface area (Å²) in [5.41, 5.74) is 6.11. The van der Waals surface area contributed by atoms with Crippen LogP contribution in [0.15, 0.2) is 170 Å². The number of carbonyl (C=O) groups excluding carboxylic acids is 1. The summed E-state index contributed by atoms with van der Waals surface area (Å²) in [4.78, 5) is 13.3. The van der Waals surface area contributed by atoms with Crippen LogP contribution in [0.4, 0.5) is 0 Å². The molecule has 8 aromatic rings. The first-order valence-corrected chi connectivity index (χ1v) is 18.7. The third kappa shape index (κ3) is 7.25. The molecule has 0 fully saturated rings. The van der Waals surface area contributed by atoms with Crippen LogP contribution in [-0.4, -0.2) is 17.9 Å². The standard InChI is InChI=1S/C51H36O6/c52-50(56-40-19-3-1-4-20-40)44-25-13-7-15-34(44)27-29-38-31-36-17-9-11-23-42(36)46-47-43-24-12-10-18-37(43)32-39(49(47)55-33-54-48(38)46)30-28-35-16-8-14-26-45(35)51(53)57-41-21-5-2-6-22-41/h1-32,50,52H,33H2/b29-27+,30-28+. The molecule has 0 aliphatic carbocycles. The monoisotopic (exact) mass is 744 g/mol. The molecule has 0 spiro atoms. The van der Waals surface area contributed by atoms with Gasteiger partial charge in [-0.25, -0.2) is 4.79 Å². The highest BCUT2D eigenvalue weighted by Gasteiger charge is 2.26. The molecule has 0 bridgehead atoms. The molecule has 1 aliphatic rings. The molecule has 1 atom stereocenters. The van der Waals surface area contributed by atoms with Gasteiger partial charge >= 0.3 is 5.97 Å². The quantitative estimate of drug-likeness (QED) is 0.0686. The van der Waals surface area contributed by atoms with Gasteiger partial charge in [0.25, 0.3) is 0 Å². The molecule has 0 aromatic heterocycles. The van der Waals surface area contributed by atoms with Gasteiger partial charge < -0.3 is 24.1 Å². The maximum absolute atomic E-state index is 13.3. The average molecular weight is 745 g/mol. The maximum Gasteiger partial charge on any atom is 0.344 e. The molecule has 0 saturated carbocycles. The number of hydrogen-bond acceptors (Lipinski definition) is 6. The predicted molar refractivity (Wildman–Crippen MR) is 227 cm³/mol. The van der Waals surface area contributed by atoms with Crippen LogP contribution in [0, 0.1) is 0 Å². The van der Waals surface area contributed by atoms with Gasteiger partial charge in [-0.05, 0) is 75.1 Å². The first-order valence-electron chi connectivity index (χ1n) is 18.7. The van der Waals surface area contributed by atoms with Crippen molar-refractivity contribution < 1.29 is 28.8 Å². The number of aliphatic hydroxyl groups excluding tert-OH is 1. The van der Waals surface area contributed by atoms with E-state index in [4.69, 9.17) is 18.9 Å². The molecule has 276 valence electrons. The molecular formula is C51H36O6. The van der Waals surface area contributed by atoms with Gasteiger partial charge in [-0.1, -0.05) is 152 Å². The SMILES string of the molecule is O=C(Oc1ccccc1)c1ccccc1/C=C/c1cc2ccccc2c2c1OCOc1c(/C=C/c3ccccc3C(O)Oc3ccccc3)cc3ccccc3c1-2. The fourth-order valence-corrected chi connectivity index (χ4v) is 7.32. The molecular weight excluding hydrogens is 709 g/mol. The Morgan fingerprint density at radius 3 is 1.63 bits per heavy atom. The van der Waals surface area contributed by atoms with E-state index in [1.807, 2.05) is 140 Å². The minimum absolute atomic E-state index is 0.0292. The van der Waals surface area contributed by atoms with Crippen molar-refractivity contribution in [2.45, 2.75) is 6.29 Å². The first-order chi connectivity index (χ1) is 28.1. The Balaban J connectivity index is 1.15. The van der Waals surface area contributed by atoms with Crippen molar-refractivity contribution >= 4 is 51.8 Å². The number of benzene rings is 8. The van der Waals surface area contributed by atoms with Crippen LogP contribution < -0.4 is 18.9 Å². The minimum Gasteiger partial charge on any atom is -0.461 e. The summed E-state index contributed by atoms with van der Waals surface area (Å²) < 4.78 is 24.7. The number of carbonyl (C=O) groups is 1. The third-order valence-electron chi connectivity index (χ3n) is 9.99. The van der Waals surface area contributed by atoms with E-state index in [-0.39, 0.29) is 6.79 Å². The lowest BCUT2D eigenvalue weighted by Crippen LogP contribution is -2.10. The van der Waals surface area contributed by atoms with Gasteiger partial charge in [0.05, 0.1) is 5.56 Å². The highest BCUT2D eigenvalue weighted by Crippen LogP contribution is 2.50. The van der Waals surface area contributed by atoms with Crippen LogP contribution in [0.3, 0.4) is 0 Å². The van der Waals surface area contributed by atoms with E-state index in [0.717, 1.165) is 49.4 Å². The average Bonchev–Trinajstić information content (AvgIpc) is 3.47. The number of aliphatic hydroxyl groups is 1. The Morgan fingerprint density at radius 1 is 0.526 bits per heavy atom. The second kappa shape index (κ2) is 15.7. The van der Waals surface area contributed by atoms with E-state index in [2.05, 4.69) is 36.4 Å². The van der Waals surface area contributed by atoms with E-state index in [1.54, 1.807) is 18.2 Å². The van der Waals surface area contributed by atoms with Crippen LogP contribution in [0.1, 0.15) is 44.5 Å². The lowest BCUT2D eigenvalue weighted by atomic mass is 9.88. The highest BCUT2D eigenvalue weighted by atomic mass is 16.7. The second-order valence-electron chi connectivity index (χ2n) is 13.6. The largest absolute Gasteiger partial charge is 0.461 e. The van der Waals surface area contributed by atoms with Gasteiger partial charge in [0, 0.05) is 27.8 Å². The highest BCUT2D eigenvalue weighted by molar-refractivity contribution is 6.13. The summed E-state index contributed by atoms with van der Waals surface area (Å²) in [6.45, 7) is -0.0292. The smallest absolute Gasteiger partial charge is 0.344 e. The van der Waals surface area contributed by atoms with Gasteiger partial charge in [-0.15, -0.1) is 0 Å². The number of hydrogen-bond donors (Lipinski definition) is 1. The van der Waals surface area contributed by atoms with E-state index >= 15 is 0 Å². The number of para-hydroxylation sites is 2. The number of rotatable bonds is 9. The molecule has 1 N–H and O–H groups in total. The number of fused-ring (bicyclic) bond motifs is 7. The van der Waals surface area contributed by atoms with Crippen molar-refractivity contribution in [3.05, 3.63) is 203 Å². The van der Waals surface area contributed by atoms with Crippen LogP contribution in [0.2, 0.25) is 0 Å². The fourth-order valence-electron chi connectivity index (χ4n) is 7.32. The summed E-state index contributed by atoms with van der Waals surface area (Å²) in [5.74, 6) is 1.97. The van der Waals surface area contributed by atoms with E-state index in [0.29, 0.717) is 39.7 Å². The van der Waals surface area contributed by atoms with Crippen molar-refractivity contribution in [1.29, 1.82) is 0 Å². The number of esters is 1. The fraction of sp³-hybridized carbons (Fsp3) is 0.0392. The van der Waals surface area contributed by atoms with Crippen molar-refractivity contribution in [3.8, 4) is 34.1 Å². The second-order valence-corrected chi connectivity index (χ2v) is 13.6. The zero-order chi connectivity index (χ0) is 38.6. The Bertz CT molecular complexity index is 2810. The van der Waals surface area contributed by atoms with Crippen LogP contribution in [0.25, 0.3) is 57.0 Å². The molecule has 8 aromatic carbocycles. The summed E-state index contributed by atoms with van der Waals surface area (Å²) >= 11 is 0. The van der Waals surface area contributed by atoms with Gasteiger partial charge in [-0.3, -0.25) is 0 Å². The van der Waals surface area contributed by atoms with Gasteiger partial charge in [-0.2, -0.15) is 0 Å². The van der Waals surface area contributed by atoms with E-state index in [9.17, 15) is 9.90 Å². The van der Waals surface area contributed by atoms with Crippen LogP contribution in [0.5, 0.6) is 23.0 Å². The van der Waals surface area contributed by atoms with Crippen molar-refractivity contribution in [3.63, 3.8) is 0 Å². The van der Waals surface area contributed by atoms with E-state index < -0.39 is 12.3 Å². The molecule has 1 aliphatic heterocycles. The topological polar surface area (TPSA) is 74.2 Å². The summed E-state index contributed by atoms with van der Waals surface area (Å²) in [6, 6.07) is 54.1. The van der Waals surface area contributed by atoms with Crippen LogP contribution >= 0.6 is 0 Å². The minimum atomic E-state index is -1.17. The summed E-state index contributed by atoms with van der Waals surface area (Å²) in [6.07, 6.45) is 6.73. The van der Waals surface area contributed by atoms with Crippen molar-refractivity contribution in [2.24, 2.45) is 0 Å². The lowest BCUT2D eigenvalue weighted by Gasteiger charge is -2.18. The molecule has 0 amide bonds. The first kappa shape index (κ1) is 35.3. The molecule has 1 heterocycles. The summed E-state index contributed by atoms with van der Waals surface area (Å²) in [5, 5.41) is 15.2. The molecule has 9 rings (SSSR count). The number of ether oxygens (including phenoxy) is 4. The molecule has 6 heteroatoms. The zero-order valence-corrected chi connectivity index (χ0v) is 30.7. The zero-order valence-electron chi connectivity index (χ0n) is 30.7. The molecule has 0 radical (unpaired) electrons. The molecule has 6 nitrogen and oxygen atoms in total. The van der Waals surface area contributed by atoms with Crippen LogP contribution in [-0.2, 0) is 0 Å². The molecule has 57 heavy (non-hydrogen) atoms. The van der Waals surface area contributed by atoms with Gasteiger partial charge in [0.1, 0.15) is 23.0 Å². The Kier molecular flexibility index (Phi) is 9.75. The lowest BCUT2D eigenvalue weighted by molar-refractivity contribution is -0.0195. The van der Waals surface area contributed by atoms with Gasteiger partial charge in [0.15, 0.2) is 0 Å². The molecule has 1 unspecified atom stereocenters. The summed E-state index contributed by atoms with van der Waals surface area (Å²) in [7, 11) is 0. The molecule has 0 saturated heterocycles. The normalized spacial score (nSPS) is 12.7. The van der Waals surface area contributed by atoms with Crippen molar-refractivity contribution in [2.75, 3.05) is 6.79 Å². The third-order valence-corrected chi connectivity index (χ3v) is 9.99. The Hall–Kier alpha value is -7.41. The van der Waals surface area contributed by atoms with E-state index in [1.165, 1.54) is 0 Å².